The maximum absolute atomic E-state index is 11.0. The fraction of sp³-hybridized carbons (Fsp3) is 0.538. The predicted octanol–water partition coefficient (Wildman–Crippen LogP) is 1.61. The highest BCUT2D eigenvalue weighted by atomic mass is 16.1. The van der Waals surface area contributed by atoms with Crippen molar-refractivity contribution in [3.8, 4) is 0 Å². The Bertz CT molecular complexity index is 582. The number of carbonyl (C=O) groups excluding carboxylic acids is 1. The highest BCUT2D eigenvalue weighted by molar-refractivity contribution is 5.78. The van der Waals surface area contributed by atoms with Crippen molar-refractivity contribution in [3.63, 3.8) is 0 Å². The number of carbonyl (C=O) groups is 1. The van der Waals surface area contributed by atoms with Gasteiger partial charge in [-0.2, -0.15) is 10.2 Å². The quantitative estimate of drug-likeness (QED) is 0.767. The van der Waals surface area contributed by atoms with Crippen molar-refractivity contribution < 1.29 is 4.79 Å². The number of nitrogens with zero attached hydrogens (tertiary/aromatic N) is 5. The van der Waals surface area contributed by atoms with Gasteiger partial charge in [0.1, 0.15) is 18.7 Å². The number of rotatable bonds is 5. The third-order valence-electron chi connectivity index (χ3n) is 3.08. The normalized spacial score (nSPS) is 11.2. The zero-order chi connectivity index (χ0) is 14.0. The van der Waals surface area contributed by atoms with Crippen molar-refractivity contribution in [2.45, 2.75) is 40.8 Å². The fourth-order valence-corrected chi connectivity index (χ4v) is 2.08. The van der Waals surface area contributed by atoms with Gasteiger partial charge < -0.3 is 0 Å². The summed E-state index contributed by atoms with van der Waals surface area (Å²) in [7, 11) is 0. The highest BCUT2D eigenvalue weighted by Crippen LogP contribution is 2.12. The number of aromatic nitrogens is 5. The van der Waals surface area contributed by atoms with Crippen molar-refractivity contribution in [2.75, 3.05) is 0 Å². The summed E-state index contributed by atoms with van der Waals surface area (Å²) in [6.45, 7) is 9.37. The molecule has 0 saturated carbocycles. The van der Waals surface area contributed by atoms with E-state index < -0.39 is 0 Å². The molecular formula is C13H19N5O. The van der Waals surface area contributed by atoms with E-state index in [4.69, 9.17) is 0 Å². The zero-order valence-corrected chi connectivity index (χ0v) is 11.8. The van der Waals surface area contributed by atoms with Crippen LogP contribution in [0, 0.1) is 19.8 Å². The molecule has 0 aliphatic rings. The second-order valence-electron chi connectivity index (χ2n) is 5.11. The first-order chi connectivity index (χ1) is 9.02. The Morgan fingerprint density at radius 2 is 2.05 bits per heavy atom. The van der Waals surface area contributed by atoms with Gasteiger partial charge in [0.2, 0.25) is 0 Å². The Kier molecular flexibility index (Phi) is 3.78. The van der Waals surface area contributed by atoms with Crippen molar-refractivity contribution >= 4 is 6.29 Å². The second kappa shape index (κ2) is 5.34. The van der Waals surface area contributed by atoms with E-state index in [0.29, 0.717) is 18.0 Å². The van der Waals surface area contributed by atoms with Gasteiger partial charge in [-0.1, -0.05) is 13.8 Å². The number of aldehydes is 1. The summed E-state index contributed by atoms with van der Waals surface area (Å²) in [6, 6.07) is 0. The van der Waals surface area contributed by atoms with E-state index in [2.05, 4.69) is 29.0 Å². The van der Waals surface area contributed by atoms with Gasteiger partial charge >= 0.3 is 0 Å². The van der Waals surface area contributed by atoms with E-state index in [-0.39, 0.29) is 0 Å². The van der Waals surface area contributed by atoms with Crippen LogP contribution in [0.25, 0.3) is 0 Å². The average molecular weight is 261 g/mol. The minimum atomic E-state index is 0.506. The summed E-state index contributed by atoms with van der Waals surface area (Å²) in [5.41, 5.74) is 2.28. The highest BCUT2D eigenvalue weighted by Gasteiger charge is 2.13. The smallest absolute Gasteiger partial charge is 0.153 e. The summed E-state index contributed by atoms with van der Waals surface area (Å²) in [5, 5.41) is 8.61. The van der Waals surface area contributed by atoms with Crippen LogP contribution in [0.4, 0.5) is 0 Å². The lowest BCUT2D eigenvalue weighted by Crippen LogP contribution is -2.14. The van der Waals surface area contributed by atoms with E-state index in [1.165, 1.54) is 0 Å². The number of aryl methyl sites for hydroxylation is 1. The molecule has 0 saturated heterocycles. The molecule has 102 valence electrons. The molecule has 6 heteroatoms. The van der Waals surface area contributed by atoms with Crippen LogP contribution in [0.15, 0.2) is 6.33 Å². The third-order valence-corrected chi connectivity index (χ3v) is 3.08. The Balaban J connectivity index is 2.27. The van der Waals surface area contributed by atoms with Crippen molar-refractivity contribution in [1.29, 1.82) is 0 Å². The fourth-order valence-electron chi connectivity index (χ4n) is 2.08. The molecule has 0 fully saturated rings. The Morgan fingerprint density at radius 3 is 2.63 bits per heavy atom. The van der Waals surface area contributed by atoms with Crippen LogP contribution in [0.1, 0.15) is 41.4 Å². The molecular weight excluding hydrogens is 242 g/mol. The lowest BCUT2D eigenvalue weighted by Gasteiger charge is -2.09. The summed E-state index contributed by atoms with van der Waals surface area (Å²) in [6.07, 6.45) is 2.41. The Labute approximate surface area is 112 Å². The van der Waals surface area contributed by atoms with Crippen LogP contribution in [0.3, 0.4) is 0 Å². The summed E-state index contributed by atoms with van der Waals surface area (Å²) < 4.78 is 3.70. The molecule has 0 spiro atoms. The van der Waals surface area contributed by atoms with Gasteiger partial charge in [-0.05, 0) is 19.8 Å². The molecule has 2 rings (SSSR count). The second-order valence-corrected chi connectivity index (χ2v) is 5.11. The molecule has 2 aromatic heterocycles. The van der Waals surface area contributed by atoms with Gasteiger partial charge in [-0.15, -0.1) is 0 Å². The van der Waals surface area contributed by atoms with E-state index in [0.717, 1.165) is 30.0 Å². The monoisotopic (exact) mass is 261 g/mol. The minimum absolute atomic E-state index is 0.506. The topological polar surface area (TPSA) is 65.6 Å². The van der Waals surface area contributed by atoms with E-state index in [9.17, 15) is 4.79 Å². The molecule has 2 aromatic rings. The summed E-state index contributed by atoms with van der Waals surface area (Å²) >= 11 is 0. The average Bonchev–Trinajstić information content (AvgIpc) is 2.85. The van der Waals surface area contributed by atoms with Crippen LogP contribution in [-0.4, -0.2) is 30.8 Å². The van der Waals surface area contributed by atoms with Gasteiger partial charge in [0.05, 0.1) is 11.3 Å². The molecule has 0 aliphatic carbocycles. The number of hydrogen-bond donors (Lipinski definition) is 0. The first kappa shape index (κ1) is 13.5. The first-order valence-electron chi connectivity index (χ1n) is 6.38. The lowest BCUT2D eigenvalue weighted by atomic mass is 10.2. The standard InChI is InChI=1S/C13H19N5O/c1-9(2)5-18-13(14-8-15-18)6-17-11(4)12(7-19)10(3)16-17/h7-9H,5-6H2,1-4H3. The predicted molar refractivity (Wildman–Crippen MR) is 71.1 cm³/mol. The van der Waals surface area contributed by atoms with Crippen LogP contribution >= 0.6 is 0 Å². The molecule has 2 heterocycles. The molecule has 0 amide bonds. The Morgan fingerprint density at radius 1 is 1.32 bits per heavy atom. The molecule has 0 bridgehead atoms. The van der Waals surface area contributed by atoms with Crippen LogP contribution in [-0.2, 0) is 13.1 Å². The maximum Gasteiger partial charge on any atom is 0.153 e. The lowest BCUT2D eigenvalue weighted by molar-refractivity contribution is 0.112. The number of hydrogen-bond acceptors (Lipinski definition) is 4. The van der Waals surface area contributed by atoms with Gasteiger partial charge in [-0.25, -0.2) is 9.67 Å². The van der Waals surface area contributed by atoms with Crippen LogP contribution in [0.5, 0.6) is 0 Å². The third kappa shape index (κ3) is 2.72. The molecule has 19 heavy (non-hydrogen) atoms. The summed E-state index contributed by atoms with van der Waals surface area (Å²) in [5.74, 6) is 1.36. The van der Waals surface area contributed by atoms with Gasteiger partial charge in [0.15, 0.2) is 6.29 Å². The van der Waals surface area contributed by atoms with Gasteiger partial charge in [0, 0.05) is 12.2 Å². The molecule has 0 radical (unpaired) electrons. The van der Waals surface area contributed by atoms with E-state index in [1.807, 2.05) is 18.5 Å². The Hall–Kier alpha value is -1.98. The van der Waals surface area contributed by atoms with Crippen molar-refractivity contribution in [2.24, 2.45) is 5.92 Å². The van der Waals surface area contributed by atoms with E-state index in [1.54, 1.807) is 11.0 Å². The zero-order valence-electron chi connectivity index (χ0n) is 11.8. The van der Waals surface area contributed by atoms with Crippen LogP contribution < -0.4 is 0 Å². The van der Waals surface area contributed by atoms with Crippen molar-refractivity contribution in [1.82, 2.24) is 24.5 Å². The van der Waals surface area contributed by atoms with Crippen molar-refractivity contribution in [3.05, 3.63) is 29.1 Å². The molecule has 0 aliphatic heterocycles. The molecule has 0 atom stereocenters. The molecule has 6 nitrogen and oxygen atoms in total. The van der Waals surface area contributed by atoms with E-state index >= 15 is 0 Å². The molecule has 0 aromatic carbocycles. The summed E-state index contributed by atoms with van der Waals surface area (Å²) in [4.78, 5) is 15.3. The minimum Gasteiger partial charge on any atom is -0.298 e. The SMILES string of the molecule is Cc1nn(Cc2ncnn2CC(C)C)c(C)c1C=O. The molecule has 0 N–H and O–H groups in total. The van der Waals surface area contributed by atoms with Crippen LogP contribution in [0.2, 0.25) is 0 Å². The maximum atomic E-state index is 11.0. The largest absolute Gasteiger partial charge is 0.298 e. The van der Waals surface area contributed by atoms with Gasteiger partial charge in [0.25, 0.3) is 0 Å². The first-order valence-corrected chi connectivity index (χ1v) is 6.38. The van der Waals surface area contributed by atoms with Gasteiger partial charge in [-0.3, -0.25) is 9.48 Å². The molecule has 0 unspecified atom stereocenters.